The second-order valence-corrected chi connectivity index (χ2v) is 7.07. The van der Waals surface area contributed by atoms with Gasteiger partial charge in [-0.05, 0) is 6.07 Å². The molecule has 0 radical (unpaired) electrons. The second-order valence-electron chi connectivity index (χ2n) is 7.07. The molecule has 0 amide bonds. The van der Waals surface area contributed by atoms with E-state index >= 15 is 0 Å². The Bertz CT molecular complexity index is 1300. The van der Waals surface area contributed by atoms with E-state index in [2.05, 4.69) is 0 Å². The molecule has 1 aliphatic heterocycles. The molecule has 8 N–H and O–H groups in total. The number of carbonyl (C=O) groups is 1. The topological polar surface area (TPSA) is 228 Å². The van der Waals surface area contributed by atoms with E-state index in [-0.39, 0.29) is 16.6 Å². The lowest BCUT2D eigenvalue weighted by molar-refractivity contribution is -0.271. The quantitative estimate of drug-likeness (QED) is 0.177. The van der Waals surface area contributed by atoms with Gasteiger partial charge in [0.25, 0.3) is 0 Å². The van der Waals surface area contributed by atoms with E-state index in [0.29, 0.717) is 0 Å². The van der Waals surface area contributed by atoms with Crippen LogP contribution in [0.25, 0.3) is 21.9 Å². The summed E-state index contributed by atoms with van der Waals surface area (Å²) in [6.45, 7) is 0. The molecular formula is C19H16O13. The number of phenolic OH excluding ortho intramolecular Hbond substituents is 4. The third-order valence-corrected chi connectivity index (χ3v) is 5.01. The van der Waals surface area contributed by atoms with Crippen molar-refractivity contribution < 1.29 is 59.5 Å². The average Bonchev–Trinajstić information content (AvgIpc) is 2.72. The molecule has 2 aromatic carbocycles. The van der Waals surface area contributed by atoms with E-state index in [1.165, 1.54) is 0 Å². The van der Waals surface area contributed by atoms with Gasteiger partial charge >= 0.3 is 5.97 Å². The van der Waals surface area contributed by atoms with Gasteiger partial charge in [-0.1, -0.05) is 0 Å². The lowest BCUT2D eigenvalue weighted by atomic mass is 9.99. The molecule has 1 aromatic heterocycles. The van der Waals surface area contributed by atoms with Crippen LogP contribution >= 0.6 is 0 Å². The molecule has 0 aliphatic carbocycles. The number of rotatable bonds is 3. The zero-order chi connectivity index (χ0) is 23.5. The van der Waals surface area contributed by atoms with E-state index in [9.17, 15) is 45.3 Å². The number of carboxylic acids is 1. The van der Waals surface area contributed by atoms with Gasteiger partial charge in [-0.15, -0.1) is 0 Å². The standard InChI is InChI=1S/C19H16O13/c20-5-1-4-8(2-6(5)21)30-9-3-7(22)16(12(24)10(9)11(4)23)31-19-15(27)13(25)14(26)17(32-19)18(28)29/h1-3,13-15,17,19-22,24-27H,(H,28,29)/t13-,14-,15+,17-,19+/m0/s1. The molecule has 170 valence electrons. The molecule has 4 rings (SSSR count). The lowest BCUT2D eigenvalue weighted by Gasteiger charge is -2.38. The second kappa shape index (κ2) is 7.42. The van der Waals surface area contributed by atoms with Crippen LogP contribution in [0.3, 0.4) is 0 Å². The van der Waals surface area contributed by atoms with E-state index in [1.807, 2.05) is 0 Å². The van der Waals surface area contributed by atoms with Gasteiger partial charge in [0.15, 0.2) is 29.1 Å². The zero-order valence-corrected chi connectivity index (χ0v) is 15.7. The monoisotopic (exact) mass is 452 g/mol. The Morgan fingerprint density at radius 2 is 1.50 bits per heavy atom. The number of phenols is 4. The number of fused-ring (bicyclic) bond motifs is 2. The predicted molar refractivity (Wildman–Crippen MR) is 102 cm³/mol. The number of aliphatic hydroxyl groups is 3. The number of aromatic hydroxyl groups is 4. The molecule has 0 saturated carbocycles. The molecule has 3 aromatic rings. The summed E-state index contributed by atoms with van der Waals surface area (Å²) < 4.78 is 15.5. The molecule has 0 unspecified atom stereocenters. The van der Waals surface area contributed by atoms with Crippen molar-refractivity contribution in [2.45, 2.75) is 30.7 Å². The Morgan fingerprint density at radius 1 is 0.875 bits per heavy atom. The molecule has 13 nitrogen and oxygen atoms in total. The molecule has 1 aliphatic rings. The fourth-order valence-electron chi connectivity index (χ4n) is 3.37. The Hall–Kier alpha value is -3.78. The molecule has 1 fully saturated rings. The summed E-state index contributed by atoms with van der Waals surface area (Å²) in [6.07, 6.45) is -9.99. The first kappa shape index (κ1) is 21.5. The van der Waals surface area contributed by atoms with Crippen LogP contribution in [0.4, 0.5) is 0 Å². The number of benzene rings is 2. The molecular weight excluding hydrogens is 436 g/mol. The number of carboxylic acid groups (broad SMARTS) is 1. The number of hydrogen-bond acceptors (Lipinski definition) is 12. The average molecular weight is 452 g/mol. The first-order valence-corrected chi connectivity index (χ1v) is 8.97. The van der Waals surface area contributed by atoms with E-state index in [4.69, 9.17) is 19.0 Å². The smallest absolute Gasteiger partial charge is 0.335 e. The maximum atomic E-state index is 12.8. The van der Waals surface area contributed by atoms with Crippen molar-refractivity contribution in [1.82, 2.24) is 0 Å². The zero-order valence-electron chi connectivity index (χ0n) is 15.7. The van der Waals surface area contributed by atoms with Crippen LogP contribution in [0, 0.1) is 0 Å². The number of ether oxygens (including phenoxy) is 2. The van der Waals surface area contributed by atoms with Gasteiger partial charge in [0.05, 0.1) is 5.39 Å². The highest BCUT2D eigenvalue weighted by Crippen LogP contribution is 2.43. The third kappa shape index (κ3) is 3.20. The minimum absolute atomic E-state index is 0.169. The van der Waals surface area contributed by atoms with Crippen molar-refractivity contribution in [2.75, 3.05) is 0 Å². The molecule has 2 heterocycles. The van der Waals surface area contributed by atoms with E-state index in [0.717, 1.165) is 18.2 Å². The molecule has 0 bridgehead atoms. The highest BCUT2D eigenvalue weighted by molar-refractivity contribution is 5.96. The number of hydrogen-bond donors (Lipinski definition) is 8. The van der Waals surface area contributed by atoms with Crippen LogP contribution in [0.1, 0.15) is 0 Å². The van der Waals surface area contributed by atoms with Gasteiger partial charge in [-0.3, -0.25) is 4.79 Å². The highest BCUT2D eigenvalue weighted by atomic mass is 16.7. The van der Waals surface area contributed by atoms with Crippen molar-refractivity contribution in [3.8, 4) is 28.7 Å². The van der Waals surface area contributed by atoms with Crippen molar-refractivity contribution in [2.24, 2.45) is 0 Å². The maximum Gasteiger partial charge on any atom is 0.335 e. The summed E-state index contributed by atoms with van der Waals surface area (Å²) in [7, 11) is 0. The minimum Gasteiger partial charge on any atom is -0.504 e. The van der Waals surface area contributed by atoms with Gasteiger partial charge in [0.2, 0.25) is 17.5 Å². The Labute approximate surface area is 176 Å². The predicted octanol–water partition coefficient (Wildman–Crippen LogP) is -0.960. The van der Waals surface area contributed by atoms with Gasteiger partial charge < -0.3 is 54.7 Å². The Kier molecular flexibility index (Phi) is 4.97. The Balaban J connectivity index is 1.84. The number of aliphatic hydroxyl groups excluding tert-OH is 3. The molecule has 32 heavy (non-hydrogen) atoms. The summed E-state index contributed by atoms with van der Waals surface area (Å²) in [6, 6.07) is 2.71. The summed E-state index contributed by atoms with van der Waals surface area (Å²) >= 11 is 0. The van der Waals surface area contributed by atoms with Crippen molar-refractivity contribution in [3.63, 3.8) is 0 Å². The number of aliphatic carboxylic acids is 1. The van der Waals surface area contributed by atoms with Crippen LogP contribution in [-0.2, 0) is 9.53 Å². The maximum absolute atomic E-state index is 12.8. The lowest BCUT2D eigenvalue weighted by Crippen LogP contribution is -2.61. The van der Waals surface area contributed by atoms with Gasteiger partial charge in [-0.25, -0.2) is 4.79 Å². The van der Waals surface area contributed by atoms with Crippen LogP contribution in [0.5, 0.6) is 28.7 Å². The normalized spacial score (nSPS) is 25.8. The largest absolute Gasteiger partial charge is 0.504 e. The Morgan fingerprint density at radius 3 is 2.16 bits per heavy atom. The highest BCUT2D eigenvalue weighted by Gasteiger charge is 2.48. The molecule has 0 spiro atoms. The van der Waals surface area contributed by atoms with Crippen LogP contribution in [0.15, 0.2) is 27.4 Å². The summed E-state index contributed by atoms with van der Waals surface area (Å²) in [4.78, 5) is 24.1. The SMILES string of the molecule is O=C(O)[C@H]1O[C@@H](Oc2c(O)cc3oc4cc(O)c(O)cc4c(=O)c3c2O)[C@H](O)[C@@H](O)[C@@H]1O. The summed E-state index contributed by atoms with van der Waals surface area (Å²) in [5.74, 6) is -5.51. The molecule has 5 atom stereocenters. The third-order valence-electron chi connectivity index (χ3n) is 5.01. The van der Waals surface area contributed by atoms with Gasteiger partial charge in [0.1, 0.15) is 34.9 Å². The van der Waals surface area contributed by atoms with Gasteiger partial charge in [-0.2, -0.15) is 0 Å². The fourth-order valence-corrected chi connectivity index (χ4v) is 3.37. The van der Waals surface area contributed by atoms with Crippen LogP contribution in [-0.4, -0.2) is 77.5 Å². The van der Waals surface area contributed by atoms with Crippen LogP contribution < -0.4 is 10.2 Å². The van der Waals surface area contributed by atoms with E-state index in [1.54, 1.807) is 0 Å². The fraction of sp³-hybridized carbons (Fsp3) is 0.263. The molecule has 1 saturated heterocycles. The minimum atomic E-state index is -2.01. The van der Waals surface area contributed by atoms with Crippen LogP contribution in [0.2, 0.25) is 0 Å². The van der Waals surface area contributed by atoms with Crippen molar-refractivity contribution >= 4 is 27.9 Å². The van der Waals surface area contributed by atoms with Crippen molar-refractivity contribution in [1.29, 1.82) is 0 Å². The first-order chi connectivity index (χ1) is 15.0. The molecule has 13 heteroatoms. The van der Waals surface area contributed by atoms with Gasteiger partial charge in [0, 0.05) is 12.1 Å². The summed E-state index contributed by atoms with van der Waals surface area (Å²) in [5, 5.41) is 78.1. The van der Waals surface area contributed by atoms with E-state index < -0.39 is 76.2 Å². The van der Waals surface area contributed by atoms with Crippen molar-refractivity contribution in [3.05, 3.63) is 28.4 Å². The summed E-state index contributed by atoms with van der Waals surface area (Å²) in [5.41, 5.74) is -1.39. The first-order valence-electron chi connectivity index (χ1n) is 8.97.